The number of hydrogen-bond acceptors (Lipinski definition) is 3. The molecule has 0 unspecified atom stereocenters. The van der Waals surface area contributed by atoms with Crippen LogP contribution >= 0.6 is 0 Å². The maximum absolute atomic E-state index is 12.8. The van der Waals surface area contributed by atoms with Gasteiger partial charge in [-0.3, -0.25) is 0 Å². The van der Waals surface area contributed by atoms with Gasteiger partial charge in [-0.1, -0.05) is 0 Å². The molecule has 0 aliphatic heterocycles. The monoisotopic (exact) mass is 220 g/mol. The van der Waals surface area contributed by atoms with Crippen LogP contribution in [0.5, 0.6) is 5.88 Å². The number of alkyl halides is 3. The lowest BCUT2D eigenvalue weighted by molar-refractivity contribution is -0.276. The average molecular weight is 220 g/mol. The highest BCUT2D eigenvalue weighted by Gasteiger charge is 2.32. The van der Waals surface area contributed by atoms with Gasteiger partial charge in [0, 0.05) is 6.07 Å². The summed E-state index contributed by atoms with van der Waals surface area (Å²) < 4.78 is 51.5. The van der Waals surface area contributed by atoms with Crippen LogP contribution in [0.25, 0.3) is 0 Å². The van der Waals surface area contributed by atoms with Gasteiger partial charge in [0.05, 0.1) is 18.2 Å². The highest BCUT2D eigenvalue weighted by atomic mass is 19.4. The maximum atomic E-state index is 12.8. The van der Waals surface area contributed by atoms with Crippen LogP contribution in [-0.2, 0) is 6.42 Å². The van der Waals surface area contributed by atoms with E-state index in [1.807, 2.05) is 0 Å². The SMILES string of the molecule is N#CCc1nc(OC(F)(F)F)ccc1F. The highest BCUT2D eigenvalue weighted by Crippen LogP contribution is 2.21. The molecular formula is C8H4F4N2O. The Morgan fingerprint density at radius 3 is 2.60 bits per heavy atom. The van der Waals surface area contributed by atoms with Gasteiger partial charge < -0.3 is 4.74 Å². The van der Waals surface area contributed by atoms with Gasteiger partial charge >= 0.3 is 6.36 Å². The zero-order valence-electron chi connectivity index (χ0n) is 7.18. The predicted molar refractivity (Wildman–Crippen MR) is 40.2 cm³/mol. The maximum Gasteiger partial charge on any atom is 0.574 e. The summed E-state index contributed by atoms with van der Waals surface area (Å²) in [7, 11) is 0. The van der Waals surface area contributed by atoms with Crippen LogP contribution in [0.4, 0.5) is 17.6 Å². The molecule has 15 heavy (non-hydrogen) atoms. The summed E-state index contributed by atoms with van der Waals surface area (Å²) in [6.45, 7) is 0. The largest absolute Gasteiger partial charge is 0.574 e. The van der Waals surface area contributed by atoms with Gasteiger partial charge in [-0.15, -0.1) is 13.2 Å². The van der Waals surface area contributed by atoms with Crippen molar-refractivity contribution in [3.05, 3.63) is 23.6 Å². The third kappa shape index (κ3) is 3.42. The topological polar surface area (TPSA) is 45.9 Å². The Hall–Kier alpha value is -1.84. The Morgan fingerprint density at radius 2 is 2.07 bits per heavy atom. The fraction of sp³-hybridized carbons (Fsp3) is 0.250. The summed E-state index contributed by atoms with van der Waals surface area (Å²) in [5.74, 6) is -1.62. The smallest absolute Gasteiger partial charge is 0.388 e. The quantitative estimate of drug-likeness (QED) is 0.717. The van der Waals surface area contributed by atoms with E-state index in [2.05, 4.69) is 9.72 Å². The van der Waals surface area contributed by atoms with Crippen LogP contribution in [0.3, 0.4) is 0 Å². The van der Waals surface area contributed by atoms with E-state index in [1.165, 1.54) is 0 Å². The second-order valence-corrected chi connectivity index (χ2v) is 2.46. The van der Waals surface area contributed by atoms with Crippen molar-refractivity contribution in [2.75, 3.05) is 0 Å². The summed E-state index contributed by atoms with van der Waals surface area (Å²) in [5, 5.41) is 8.25. The van der Waals surface area contributed by atoms with E-state index >= 15 is 0 Å². The predicted octanol–water partition coefficient (Wildman–Crippen LogP) is 2.19. The molecule has 0 atom stereocenters. The lowest BCUT2D eigenvalue weighted by Crippen LogP contribution is -2.18. The van der Waals surface area contributed by atoms with Gasteiger partial charge in [0.1, 0.15) is 5.82 Å². The lowest BCUT2D eigenvalue weighted by atomic mass is 10.3. The molecule has 0 fully saturated rings. The molecule has 0 spiro atoms. The second kappa shape index (κ2) is 4.13. The van der Waals surface area contributed by atoms with Crippen molar-refractivity contribution < 1.29 is 22.3 Å². The minimum atomic E-state index is -4.88. The molecule has 1 rings (SSSR count). The number of aromatic nitrogens is 1. The van der Waals surface area contributed by atoms with Crippen molar-refractivity contribution in [1.29, 1.82) is 5.26 Å². The number of ether oxygens (including phenoxy) is 1. The summed E-state index contributed by atoms with van der Waals surface area (Å²) in [6.07, 6.45) is -5.30. The Kier molecular flexibility index (Phi) is 3.09. The Morgan fingerprint density at radius 1 is 1.40 bits per heavy atom. The minimum absolute atomic E-state index is 0.376. The van der Waals surface area contributed by atoms with Gasteiger partial charge in [0.2, 0.25) is 5.88 Å². The van der Waals surface area contributed by atoms with Gasteiger partial charge in [-0.2, -0.15) is 5.26 Å². The molecule has 0 aliphatic carbocycles. The third-order valence-electron chi connectivity index (χ3n) is 1.36. The van der Waals surface area contributed by atoms with Crippen molar-refractivity contribution in [2.45, 2.75) is 12.8 Å². The molecule has 0 radical (unpaired) electrons. The highest BCUT2D eigenvalue weighted by molar-refractivity contribution is 5.19. The molecule has 0 saturated heterocycles. The minimum Gasteiger partial charge on any atom is -0.388 e. The number of rotatable bonds is 2. The molecule has 0 aromatic carbocycles. The van der Waals surface area contributed by atoms with Crippen molar-refractivity contribution >= 4 is 0 Å². The van der Waals surface area contributed by atoms with Gasteiger partial charge in [0.25, 0.3) is 0 Å². The van der Waals surface area contributed by atoms with E-state index in [4.69, 9.17) is 5.26 Å². The molecule has 0 aliphatic rings. The number of nitrogens with zero attached hydrogens (tertiary/aromatic N) is 2. The standard InChI is InChI=1S/C8H4F4N2O/c9-5-1-2-7(15-8(10,11)12)14-6(5)3-4-13/h1-2H,3H2. The van der Waals surface area contributed by atoms with Gasteiger partial charge in [0.15, 0.2) is 0 Å². The zero-order chi connectivity index (χ0) is 11.5. The van der Waals surface area contributed by atoms with Crippen LogP contribution in [0, 0.1) is 17.1 Å². The molecule has 0 amide bonds. The molecule has 1 heterocycles. The summed E-state index contributed by atoms with van der Waals surface area (Å²) in [5.41, 5.74) is -0.376. The normalized spacial score (nSPS) is 10.9. The molecule has 1 aromatic rings. The molecule has 0 saturated carbocycles. The van der Waals surface area contributed by atoms with Gasteiger partial charge in [-0.05, 0) is 6.07 Å². The number of halogens is 4. The van der Waals surface area contributed by atoms with E-state index in [0.717, 1.165) is 12.1 Å². The van der Waals surface area contributed by atoms with Crippen molar-refractivity contribution in [1.82, 2.24) is 4.98 Å². The molecule has 80 valence electrons. The molecule has 1 aromatic heterocycles. The first-order valence-corrected chi connectivity index (χ1v) is 3.70. The van der Waals surface area contributed by atoms with E-state index in [0.29, 0.717) is 0 Å². The van der Waals surface area contributed by atoms with Crippen LogP contribution < -0.4 is 4.74 Å². The zero-order valence-corrected chi connectivity index (χ0v) is 7.18. The molecule has 7 heteroatoms. The summed E-state index contributed by atoms with van der Waals surface area (Å²) in [6, 6.07) is 3.08. The van der Waals surface area contributed by atoms with Gasteiger partial charge in [-0.25, -0.2) is 9.37 Å². The summed E-state index contributed by atoms with van der Waals surface area (Å²) >= 11 is 0. The van der Waals surface area contributed by atoms with E-state index < -0.39 is 24.5 Å². The fourth-order valence-electron chi connectivity index (χ4n) is 0.839. The van der Waals surface area contributed by atoms with Crippen LogP contribution in [0.1, 0.15) is 5.69 Å². The van der Waals surface area contributed by atoms with E-state index in [-0.39, 0.29) is 5.69 Å². The average Bonchev–Trinajstić information content (AvgIpc) is 2.09. The molecule has 0 N–H and O–H groups in total. The van der Waals surface area contributed by atoms with E-state index in [1.54, 1.807) is 6.07 Å². The number of hydrogen-bond donors (Lipinski definition) is 0. The summed E-state index contributed by atoms with van der Waals surface area (Å²) in [4.78, 5) is 3.21. The molecule has 0 bridgehead atoms. The number of nitriles is 1. The van der Waals surface area contributed by atoms with E-state index in [9.17, 15) is 17.6 Å². The fourth-order valence-corrected chi connectivity index (χ4v) is 0.839. The van der Waals surface area contributed by atoms with Crippen LogP contribution in [0.2, 0.25) is 0 Å². The molecular weight excluding hydrogens is 216 g/mol. The Balaban J connectivity index is 2.93. The Labute approximate surface area is 81.9 Å². The van der Waals surface area contributed by atoms with Crippen LogP contribution in [0.15, 0.2) is 12.1 Å². The molecule has 3 nitrogen and oxygen atoms in total. The van der Waals surface area contributed by atoms with Crippen molar-refractivity contribution in [3.8, 4) is 11.9 Å². The van der Waals surface area contributed by atoms with Crippen LogP contribution in [-0.4, -0.2) is 11.3 Å². The first kappa shape index (κ1) is 11.2. The number of pyridine rings is 1. The Bertz CT molecular complexity index is 397. The lowest BCUT2D eigenvalue weighted by Gasteiger charge is -2.08. The second-order valence-electron chi connectivity index (χ2n) is 2.46. The first-order valence-electron chi connectivity index (χ1n) is 3.70. The first-order chi connectivity index (χ1) is 6.92. The van der Waals surface area contributed by atoms with Crippen molar-refractivity contribution in [2.24, 2.45) is 0 Å². The van der Waals surface area contributed by atoms with Crippen molar-refractivity contribution in [3.63, 3.8) is 0 Å². The third-order valence-corrected chi connectivity index (χ3v) is 1.36.